The Labute approximate surface area is 110 Å². The lowest BCUT2D eigenvalue weighted by Gasteiger charge is -2.34. The van der Waals surface area contributed by atoms with Crippen LogP contribution in [0.4, 0.5) is 0 Å². The second kappa shape index (κ2) is 6.19. The van der Waals surface area contributed by atoms with E-state index in [1.165, 1.54) is 12.8 Å². The predicted molar refractivity (Wildman–Crippen MR) is 69.8 cm³/mol. The van der Waals surface area contributed by atoms with Gasteiger partial charge in [0.15, 0.2) is 0 Å². The first-order valence-electron chi connectivity index (χ1n) is 6.71. The van der Waals surface area contributed by atoms with Gasteiger partial charge in [-0.1, -0.05) is 6.92 Å². The van der Waals surface area contributed by atoms with E-state index in [2.05, 4.69) is 13.0 Å². The Morgan fingerprint density at radius 2 is 2.22 bits per heavy atom. The SMILES string of the molecule is CCC(C)(C#N)C(=O)N(CCOC)C(C)C1CC1. The van der Waals surface area contributed by atoms with Gasteiger partial charge in [0, 0.05) is 19.7 Å². The lowest BCUT2D eigenvalue weighted by molar-refractivity contribution is -0.141. The molecule has 1 aliphatic carbocycles. The Hall–Kier alpha value is -1.08. The molecule has 4 heteroatoms. The Bertz CT molecular complexity index is 333. The van der Waals surface area contributed by atoms with Crippen LogP contribution in [0.5, 0.6) is 0 Å². The zero-order valence-electron chi connectivity index (χ0n) is 11.9. The summed E-state index contributed by atoms with van der Waals surface area (Å²) in [6.45, 7) is 6.79. The highest BCUT2D eigenvalue weighted by Gasteiger charge is 2.41. The highest BCUT2D eigenvalue weighted by atomic mass is 16.5. The fraction of sp³-hybridized carbons (Fsp3) is 0.857. The number of rotatable bonds is 7. The normalized spacial score (nSPS) is 19.7. The summed E-state index contributed by atoms with van der Waals surface area (Å²) in [5, 5.41) is 9.24. The quantitative estimate of drug-likeness (QED) is 0.698. The molecule has 0 aromatic rings. The Balaban J connectivity index is 2.81. The van der Waals surface area contributed by atoms with Crippen LogP contribution in [0.3, 0.4) is 0 Å². The fourth-order valence-corrected chi connectivity index (χ4v) is 2.11. The minimum atomic E-state index is -0.906. The van der Waals surface area contributed by atoms with Crippen LogP contribution >= 0.6 is 0 Å². The van der Waals surface area contributed by atoms with Crippen molar-refractivity contribution >= 4 is 5.91 Å². The average molecular weight is 252 g/mol. The molecular formula is C14H24N2O2. The molecule has 102 valence electrons. The summed E-state index contributed by atoms with van der Waals surface area (Å²) in [7, 11) is 1.63. The zero-order chi connectivity index (χ0) is 13.8. The summed E-state index contributed by atoms with van der Waals surface area (Å²) in [5.74, 6) is 0.551. The van der Waals surface area contributed by atoms with Crippen LogP contribution in [-0.4, -0.2) is 37.1 Å². The van der Waals surface area contributed by atoms with Gasteiger partial charge in [-0.3, -0.25) is 4.79 Å². The second-order valence-electron chi connectivity index (χ2n) is 5.37. The van der Waals surface area contributed by atoms with Gasteiger partial charge < -0.3 is 9.64 Å². The van der Waals surface area contributed by atoms with Crippen LogP contribution in [0, 0.1) is 22.7 Å². The summed E-state index contributed by atoms with van der Waals surface area (Å²) in [6, 6.07) is 2.38. The average Bonchev–Trinajstić information content (AvgIpc) is 3.21. The third kappa shape index (κ3) is 3.23. The Morgan fingerprint density at radius 3 is 2.61 bits per heavy atom. The van der Waals surface area contributed by atoms with Gasteiger partial charge in [0.25, 0.3) is 0 Å². The molecule has 1 saturated carbocycles. The molecule has 18 heavy (non-hydrogen) atoms. The molecule has 0 spiro atoms. The summed E-state index contributed by atoms with van der Waals surface area (Å²) in [6.07, 6.45) is 2.92. The topological polar surface area (TPSA) is 53.3 Å². The van der Waals surface area contributed by atoms with Gasteiger partial charge in [-0.05, 0) is 39.0 Å². The maximum atomic E-state index is 12.6. The van der Waals surface area contributed by atoms with E-state index in [-0.39, 0.29) is 11.9 Å². The second-order valence-corrected chi connectivity index (χ2v) is 5.37. The van der Waals surface area contributed by atoms with Crippen LogP contribution in [0.2, 0.25) is 0 Å². The molecule has 2 atom stereocenters. The van der Waals surface area contributed by atoms with Gasteiger partial charge in [-0.15, -0.1) is 0 Å². The van der Waals surface area contributed by atoms with Crippen molar-refractivity contribution < 1.29 is 9.53 Å². The van der Waals surface area contributed by atoms with E-state index < -0.39 is 5.41 Å². The molecule has 0 aliphatic heterocycles. The third-order valence-corrected chi connectivity index (χ3v) is 4.02. The molecule has 0 saturated heterocycles. The largest absolute Gasteiger partial charge is 0.383 e. The van der Waals surface area contributed by atoms with E-state index in [1.54, 1.807) is 14.0 Å². The van der Waals surface area contributed by atoms with Crippen LogP contribution in [-0.2, 0) is 9.53 Å². The molecule has 0 aromatic heterocycles. The van der Waals surface area contributed by atoms with Gasteiger partial charge in [-0.2, -0.15) is 5.26 Å². The monoisotopic (exact) mass is 252 g/mol. The number of hydrogen-bond donors (Lipinski definition) is 0. The van der Waals surface area contributed by atoms with Gasteiger partial charge in [0.1, 0.15) is 5.41 Å². The minimum absolute atomic E-state index is 0.0519. The Morgan fingerprint density at radius 1 is 1.61 bits per heavy atom. The van der Waals surface area contributed by atoms with E-state index in [1.807, 2.05) is 11.8 Å². The number of methoxy groups -OCH3 is 1. The predicted octanol–water partition coefficient (Wildman–Crippen LogP) is 2.20. The highest BCUT2D eigenvalue weighted by Crippen LogP contribution is 2.36. The van der Waals surface area contributed by atoms with E-state index in [9.17, 15) is 10.1 Å². The molecule has 2 unspecified atom stereocenters. The first-order chi connectivity index (χ1) is 8.50. The molecule has 0 N–H and O–H groups in total. The first-order valence-corrected chi connectivity index (χ1v) is 6.71. The van der Waals surface area contributed by atoms with Crippen molar-refractivity contribution in [2.75, 3.05) is 20.3 Å². The standard InChI is InChI=1S/C14H24N2O2/c1-5-14(3,10-15)13(17)16(8-9-18-4)11(2)12-6-7-12/h11-12H,5-9H2,1-4H3. The van der Waals surface area contributed by atoms with E-state index >= 15 is 0 Å². The number of amides is 1. The number of carbonyl (C=O) groups is 1. The van der Waals surface area contributed by atoms with Crippen LogP contribution < -0.4 is 0 Å². The molecule has 1 aliphatic rings. The van der Waals surface area contributed by atoms with Crippen LogP contribution in [0.15, 0.2) is 0 Å². The van der Waals surface area contributed by atoms with E-state index in [4.69, 9.17) is 4.74 Å². The van der Waals surface area contributed by atoms with Gasteiger partial charge >= 0.3 is 0 Å². The molecule has 4 nitrogen and oxygen atoms in total. The van der Waals surface area contributed by atoms with Crippen LogP contribution in [0.25, 0.3) is 0 Å². The van der Waals surface area contributed by atoms with Crippen molar-refractivity contribution in [1.29, 1.82) is 5.26 Å². The van der Waals surface area contributed by atoms with Crippen molar-refractivity contribution in [2.45, 2.75) is 46.1 Å². The van der Waals surface area contributed by atoms with Gasteiger partial charge in [0.2, 0.25) is 5.91 Å². The van der Waals surface area contributed by atoms with Gasteiger partial charge in [-0.25, -0.2) is 0 Å². The molecule has 1 amide bonds. The zero-order valence-corrected chi connectivity index (χ0v) is 11.9. The number of carbonyl (C=O) groups excluding carboxylic acids is 1. The smallest absolute Gasteiger partial charge is 0.243 e. The highest BCUT2D eigenvalue weighted by molar-refractivity contribution is 5.85. The number of nitrogens with zero attached hydrogens (tertiary/aromatic N) is 2. The van der Waals surface area contributed by atoms with E-state index in [0.29, 0.717) is 25.5 Å². The van der Waals surface area contributed by atoms with Crippen molar-refractivity contribution in [3.63, 3.8) is 0 Å². The summed E-state index contributed by atoms with van der Waals surface area (Å²) in [4.78, 5) is 14.4. The summed E-state index contributed by atoms with van der Waals surface area (Å²) < 4.78 is 5.08. The number of nitriles is 1. The summed E-state index contributed by atoms with van der Waals surface area (Å²) in [5.41, 5.74) is -0.906. The minimum Gasteiger partial charge on any atom is -0.383 e. The van der Waals surface area contributed by atoms with Crippen LogP contribution in [0.1, 0.15) is 40.0 Å². The van der Waals surface area contributed by atoms with Crippen molar-refractivity contribution in [3.8, 4) is 6.07 Å². The number of hydrogen-bond acceptors (Lipinski definition) is 3. The lowest BCUT2D eigenvalue weighted by atomic mass is 9.87. The van der Waals surface area contributed by atoms with Crippen molar-refractivity contribution in [2.24, 2.45) is 11.3 Å². The maximum Gasteiger partial charge on any atom is 0.243 e. The summed E-state index contributed by atoms with van der Waals surface area (Å²) >= 11 is 0. The molecule has 0 heterocycles. The molecule has 0 bridgehead atoms. The maximum absolute atomic E-state index is 12.6. The molecule has 0 aromatic carbocycles. The first kappa shape index (κ1) is 15.0. The number of ether oxygens (including phenoxy) is 1. The molecule has 1 rings (SSSR count). The Kier molecular flexibility index (Phi) is 5.15. The van der Waals surface area contributed by atoms with Crippen molar-refractivity contribution in [1.82, 2.24) is 4.90 Å². The lowest BCUT2D eigenvalue weighted by Crippen LogP contribution is -2.48. The fourth-order valence-electron chi connectivity index (χ4n) is 2.11. The molecular weight excluding hydrogens is 228 g/mol. The molecule has 0 radical (unpaired) electrons. The van der Waals surface area contributed by atoms with Gasteiger partial charge in [0.05, 0.1) is 12.7 Å². The van der Waals surface area contributed by atoms with E-state index in [0.717, 1.165) is 0 Å². The van der Waals surface area contributed by atoms with Crippen molar-refractivity contribution in [3.05, 3.63) is 0 Å². The third-order valence-electron chi connectivity index (χ3n) is 4.02. The molecule has 1 fully saturated rings.